The monoisotopic (exact) mass is 315 g/mol. The number of fused-ring (bicyclic) bond motifs is 3. The van der Waals surface area contributed by atoms with Crippen LogP contribution in [0.25, 0.3) is 5.52 Å². The SMILES string of the molecule is CC(C)c1cc2ccccn2c1.O=S1(=O)C2=CC(O)=C1C=C2. The molecule has 4 nitrogen and oxygen atoms in total. The Balaban J connectivity index is 0.000000133. The molecular formula is C17H17NO3S. The zero-order valence-electron chi connectivity index (χ0n) is 12.4. The summed E-state index contributed by atoms with van der Waals surface area (Å²) in [4.78, 5) is 0.225. The average molecular weight is 315 g/mol. The molecule has 0 atom stereocenters. The van der Waals surface area contributed by atoms with Crippen LogP contribution in [-0.4, -0.2) is 17.9 Å². The van der Waals surface area contributed by atoms with Crippen LogP contribution in [0, 0.1) is 0 Å². The fourth-order valence-corrected chi connectivity index (χ4v) is 3.76. The summed E-state index contributed by atoms with van der Waals surface area (Å²) in [6, 6.07) is 8.49. The van der Waals surface area contributed by atoms with E-state index in [1.54, 1.807) is 0 Å². The molecule has 0 unspecified atom stereocenters. The lowest BCUT2D eigenvalue weighted by Crippen LogP contribution is -1.93. The van der Waals surface area contributed by atoms with Gasteiger partial charge >= 0.3 is 0 Å². The Hall–Kier alpha value is -2.27. The number of nitrogens with zero attached hydrogens (tertiary/aromatic N) is 1. The maximum atomic E-state index is 11.0. The van der Waals surface area contributed by atoms with Gasteiger partial charge in [-0.3, -0.25) is 0 Å². The van der Waals surface area contributed by atoms with Gasteiger partial charge in [0.15, 0.2) is 0 Å². The lowest BCUT2D eigenvalue weighted by atomic mass is 10.1. The van der Waals surface area contributed by atoms with Crippen molar-refractivity contribution in [1.82, 2.24) is 4.40 Å². The molecule has 0 aromatic carbocycles. The number of rotatable bonds is 1. The average Bonchev–Trinajstić information content (AvgIpc) is 3.08. The molecule has 22 heavy (non-hydrogen) atoms. The highest BCUT2D eigenvalue weighted by molar-refractivity contribution is 8.00. The second-order valence-corrected chi connectivity index (χ2v) is 7.51. The molecular weight excluding hydrogens is 298 g/mol. The van der Waals surface area contributed by atoms with Gasteiger partial charge in [-0.15, -0.1) is 0 Å². The molecule has 0 saturated heterocycles. The molecule has 5 heteroatoms. The Kier molecular flexibility index (Phi) is 3.45. The van der Waals surface area contributed by atoms with E-state index in [1.165, 1.54) is 29.3 Å². The molecule has 4 rings (SSSR count). The fraction of sp³-hybridized carbons (Fsp3) is 0.176. The number of aromatic nitrogens is 1. The third kappa shape index (κ3) is 2.37. The highest BCUT2D eigenvalue weighted by Gasteiger charge is 2.33. The van der Waals surface area contributed by atoms with E-state index in [-0.39, 0.29) is 15.6 Å². The maximum Gasteiger partial charge on any atom is 0.210 e. The number of aliphatic hydroxyl groups is 1. The van der Waals surface area contributed by atoms with Gasteiger partial charge in [-0.2, -0.15) is 0 Å². The van der Waals surface area contributed by atoms with Gasteiger partial charge in [-0.05, 0) is 41.8 Å². The predicted octanol–water partition coefficient (Wildman–Crippen LogP) is 3.70. The van der Waals surface area contributed by atoms with Crippen molar-refractivity contribution in [2.45, 2.75) is 19.8 Å². The van der Waals surface area contributed by atoms with E-state index in [1.807, 2.05) is 0 Å². The van der Waals surface area contributed by atoms with Gasteiger partial charge in [0.2, 0.25) is 9.84 Å². The van der Waals surface area contributed by atoms with Crippen molar-refractivity contribution in [3.05, 3.63) is 76.0 Å². The van der Waals surface area contributed by atoms with E-state index >= 15 is 0 Å². The van der Waals surface area contributed by atoms with Crippen LogP contribution in [0.2, 0.25) is 0 Å². The summed E-state index contributed by atoms with van der Waals surface area (Å²) in [5.41, 5.74) is 2.68. The van der Waals surface area contributed by atoms with Gasteiger partial charge in [0.25, 0.3) is 0 Å². The van der Waals surface area contributed by atoms with E-state index in [0.29, 0.717) is 5.92 Å². The van der Waals surface area contributed by atoms with Gasteiger partial charge in [0.05, 0.1) is 4.91 Å². The summed E-state index contributed by atoms with van der Waals surface area (Å²) in [5.74, 6) is 0.474. The molecule has 2 aliphatic rings. The van der Waals surface area contributed by atoms with Gasteiger partial charge in [0.1, 0.15) is 10.7 Å². The minimum Gasteiger partial charge on any atom is -0.507 e. The summed E-state index contributed by atoms with van der Waals surface area (Å²) in [5, 5.41) is 8.93. The largest absolute Gasteiger partial charge is 0.507 e. The van der Waals surface area contributed by atoms with Gasteiger partial charge in [-0.1, -0.05) is 19.9 Å². The summed E-state index contributed by atoms with van der Waals surface area (Å²) in [7, 11) is -3.26. The van der Waals surface area contributed by atoms with Gasteiger partial charge < -0.3 is 9.51 Å². The summed E-state index contributed by atoms with van der Waals surface area (Å²) >= 11 is 0. The van der Waals surface area contributed by atoms with Crippen molar-refractivity contribution < 1.29 is 13.5 Å². The predicted molar refractivity (Wildman–Crippen MR) is 87.3 cm³/mol. The summed E-state index contributed by atoms with van der Waals surface area (Å²) in [6.45, 7) is 4.43. The van der Waals surface area contributed by atoms with Crippen molar-refractivity contribution in [1.29, 1.82) is 0 Å². The zero-order chi connectivity index (χ0) is 15.9. The van der Waals surface area contributed by atoms with Crippen molar-refractivity contribution in [3.63, 3.8) is 0 Å². The van der Waals surface area contributed by atoms with E-state index < -0.39 is 9.84 Å². The number of pyridine rings is 1. The van der Waals surface area contributed by atoms with Crippen LogP contribution in [0.4, 0.5) is 0 Å². The minimum absolute atomic E-state index is 0.0301. The molecule has 0 amide bonds. The van der Waals surface area contributed by atoms with Gasteiger partial charge in [-0.25, -0.2) is 8.42 Å². The Bertz CT molecular complexity index is 895. The highest BCUT2D eigenvalue weighted by atomic mass is 32.2. The molecule has 0 spiro atoms. The van der Waals surface area contributed by atoms with E-state index in [2.05, 4.69) is 54.9 Å². The van der Waals surface area contributed by atoms with Crippen LogP contribution in [0.15, 0.2) is 70.5 Å². The van der Waals surface area contributed by atoms with Crippen molar-refractivity contribution in [3.8, 4) is 0 Å². The number of allylic oxidation sites excluding steroid dienone is 3. The first kappa shape index (κ1) is 14.7. The standard InChI is InChI=1S/C11H13N.C6H4O3S/c1-9(2)10-7-11-5-3-4-6-12(11)8-10;7-5-3-4-1-2-6(5)10(4,8)9/h3-9H,1-2H3;1-3,7H. The lowest BCUT2D eigenvalue weighted by Gasteiger charge is -1.96. The lowest BCUT2D eigenvalue weighted by molar-refractivity contribution is 0.431. The molecule has 2 aliphatic heterocycles. The molecule has 4 heterocycles. The van der Waals surface area contributed by atoms with Crippen LogP contribution in [0.1, 0.15) is 25.3 Å². The Morgan fingerprint density at radius 3 is 2.41 bits per heavy atom. The fourth-order valence-electron chi connectivity index (χ4n) is 2.41. The molecule has 1 N–H and O–H groups in total. The quantitative estimate of drug-likeness (QED) is 0.873. The number of hydrogen-bond acceptors (Lipinski definition) is 3. The molecule has 2 aromatic heterocycles. The Morgan fingerprint density at radius 1 is 1.18 bits per heavy atom. The molecule has 0 radical (unpaired) electrons. The minimum atomic E-state index is -3.26. The third-order valence-corrected chi connectivity index (χ3v) is 5.52. The topological polar surface area (TPSA) is 58.8 Å². The second-order valence-electron chi connectivity index (χ2n) is 5.59. The Morgan fingerprint density at radius 2 is 1.95 bits per heavy atom. The first-order chi connectivity index (χ1) is 10.4. The maximum absolute atomic E-state index is 11.0. The number of hydrogen-bond donors (Lipinski definition) is 1. The van der Waals surface area contributed by atoms with Crippen LogP contribution in [0.3, 0.4) is 0 Å². The van der Waals surface area contributed by atoms with Crippen LogP contribution in [-0.2, 0) is 9.84 Å². The van der Waals surface area contributed by atoms with E-state index in [4.69, 9.17) is 5.11 Å². The van der Waals surface area contributed by atoms with E-state index in [0.717, 1.165) is 0 Å². The molecule has 0 aliphatic carbocycles. The number of sulfone groups is 1. The second kappa shape index (κ2) is 5.18. The molecule has 2 aromatic rings. The molecule has 2 bridgehead atoms. The van der Waals surface area contributed by atoms with Crippen LogP contribution >= 0.6 is 0 Å². The molecule has 0 saturated carbocycles. The van der Waals surface area contributed by atoms with Crippen molar-refractivity contribution in [2.24, 2.45) is 0 Å². The molecule has 114 valence electrons. The van der Waals surface area contributed by atoms with Crippen molar-refractivity contribution in [2.75, 3.05) is 0 Å². The third-order valence-electron chi connectivity index (χ3n) is 3.72. The smallest absolute Gasteiger partial charge is 0.210 e. The zero-order valence-corrected chi connectivity index (χ0v) is 13.2. The summed E-state index contributed by atoms with van der Waals surface area (Å²) in [6.07, 6.45) is 8.41. The van der Waals surface area contributed by atoms with Crippen LogP contribution < -0.4 is 0 Å². The first-order valence-electron chi connectivity index (χ1n) is 7.04. The normalized spacial score (nSPS) is 17.9. The van der Waals surface area contributed by atoms with E-state index in [9.17, 15) is 8.42 Å². The van der Waals surface area contributed by atoms with Crippen LogP contribution in [0.5, 0.6) is 0 Å². The Labute approximate surface area is 129 Å². The first-order valence-corrected chi connectivity index (χ1v) is 8.52. The van der Waals surface area contributed by atoms with Crippen molar-refractivity contribution >= 4 is 15.4 Å². The summed E-state index contributed by atoms with van der Waals surface area (Å²) < 4.78 is 24.2. The van der Waals surface area contributed by atoms with Gasteiger partial charge in [0, 0.05) is 24.0 Å². The highest BCUT2D eigenvalue weighted by Crippen LogP contribution is 2.35. The number of aliphatic hydroxyl groups excluding tert-OH is 1. The molecule has 0 fully saturated rings.